The van der Waals surface area contributed by atoms with E-state index in [1.165, 1.54) is 18.3 Å². The zero-order valence-corrected chi connectivity index (χ0v) is 10.2. The number of pyridine rings is 1. The van der Waals surface area contributed by atoms with Crippen molar-refractivity contribution in [3.63, 3.8) is 0 Å². The predicted octanol–water partition coefficient (Wildman–Crippen LogP) is 3.99. The highest BCUT2D eigenvalue weighted by Crippen LogP contribution is 2.26. The van der Waals surface area contributed by atoms with Gasteiger partial charge in [-0.3, -0.25) is 0 Å². The molecule has 0 radical (unpaired) electrons. The molecule has 1 aromatic rings. The van der Waals surface area contributed by atoms with Crippen LogP contribution in [0.1, 0.15) is 18.9 Å². The first-order chi connectivity index (χ1) is 8.33. The van der Waals surface area contributed by atoms with Gasteiger partial charge in [0.05, 0.1) is 13.0 Å². The molecule has 7 heteroatoms. The Balaban J connectivity index is 2.69. The molecule has 1 rings (SSSR count). The maximum absolute atomic E-state index is 11.9. The molecule has 0 aromatic carbocycles. The van der Waals surface area contributed by atoms with Gasteiger partial charge in [-0.15, -0.1) is 0 Å². The third kappa shape index (κ3) is 4.44. The van der Waals surface area contributed by atoms with E-state index in [4.69, 9.17) is 16.3 Å². The summed E-state index contributed by atoms with van der Waals surface area (Å²) in [5.41, 5.74) is 0.366. The quantitative estimate of drug-likeness (QED) is 0.849. The summed E-state index contributed by atoms with van der Waals surface area (Å²) in [6, 6.07) is 1.37. The van der Waals surface area contributed by atoms with Gasteiger partial charge >= 0.3 is 6.18 Å². The zero-order chi connectivity index (χ0) is 13.8. The van der Waals surface area contributed by atoms with Gasteiger partial charge in [-0.2, -0.15) is 13.2 Å². The van der Waals surface area contributed by atoms with Crippen LogP contribution in [0.5, 0.6) is 5.88 Å². The number of hydrogen-bond acceptors (Lipinski definition) is 3. The first kappa shape index (κ1) is 14.6. The van der Waals surface area contributed by atoms with Crippen molar-refractivity contribution >= 4 is 17.4 Å². The molecule has 1 aromatic heterocycles. The van der Waals surface area contributed by atoms with E-state index in [1.807, 2.05) is 0 Å². The summed E-state index contributed by atoms with van der Waals surface area (Å²) < 4.78 is 40.5. The molecule has 0 unspecified atom stereocenters. The number of aromatic nitrogens is 1. The molecule has 0 atom stereocenters. The van der Waals surface area contributed by atoms with Crippen molar-refractivity contribution in [2.24, 2.45) is 0 Å². The lowest BCUT2D eigenvalue weighted by Gasteiger charge is -2.09. The van der Waals surface area contributed by atoms with E-state index in [0.717, 1.165) is 0 Å². The van der Waals surface area contributed by atoms with E-state index in [1.54, 1.807) is 6.92 Å². The van der Waals surface area contributed by atoms with Crippen LogP contribution < -0.4 is 4.74 Å². The summed E-state index contributed by atoms with van der Waals surface area (Å²) in [5, 5.41) is 9.44. The maximum atomic E-state index is 11.9. The molecule has 0 aliphatic heterocycles. The summed E-state index contributed by atoms with van der Waals surface area (Å²) in [5.74, 6) is -0.111. The summed E-state index contributed by atoms with van der Waals surface area (Å²) in [6.07, 6.45) is -2.65. The third-order valence-corrected chi connectivity index (χ3v) is 2.27. The average molecular weight is 282 g/mol. The smallest absolute Gasteiger partial charge is 0.392 e. The predicted molar refractivity (Wildman–Crippen MR) is 61.7 cm³/mol. The lowest BCUT2D eigenvalue weighted by atomic mass is 10.2. The summed E-state index contributed by atoms with van der Waals surface area (Å²) in [7, 11) is 0. The highest BCUT2D eigenvalue weighted by molar-refractivity contribution is 6.32. The molecule has 18 heavy (non-hydrogen) atoms. The van der Waals surface area contributed by atoms with Gasteiger partial charge in [0, 0.05) is 11.8 Å². The number of halogens is 4. The molecular formula is C11H11ClF3NO2. The monoisotopic (exact) mass is 281 g/mol. The number of ether oxygens (including phenoxy) is 1. The normalized spacial score (nSPS) is 12.6. The van der Waals surface area contributed by atoms with E-state index in [0.29, 0.717) is 5.56 Å². The second-order valence-electron chi connectivity index (χ2n) is 3.40. The van der Waals surface area contributed by atoms with Gasteiger partial charge in [0.15, 0.2) is 0 Å². The minimum absolute atomic E-state index is 0.0220. The Bertz CT molecular complexity index is 446. The van der Waals surface area contributed by atoms with Gasteiger partial charge in [-0.25, -0.2) is 4.98 Å². The number of aliphatic hydroxyl groups is 1. The van der Waals surface area contributed by atoms with Crippen LogP contribution in [0.3, 0.4) is 0 Å². The number of rotatable bonds is 4. The van der Waals surface area contributed by atoms with Gasteiger partial charge in [0.1, 0.15) is 10.8 Å². The lowest BCUT2D eigenvalue weighted by Crippen LogP contribution is -2.13. The topological polar surface area (TPSA) is 42.4 Å². The zero-order valence-electron chi connectivity index (χ0n) is 9.46. The molecule has 100 valence electrons. The summed E-state index contributed by atoms with van der Waals surface area (Å²) >= 11 is 5.77. The Morgan fingerprint density at radius 1 is 1.56 bits per heavy atom. The van der Waals surface area contributed by atoms with Crippen LogP contribution >= 0.6 is 11.6 Å². The Morgan fingerprint density at radius 2 is 2.22 bits per heavy atom. The van der Waals surface area contributed by atoms with Crippen LogP contribution in [0.4, 0.5) is 13.2 Å². The van der Waals surface area contributed by atoms with E-state index < -0.39 is 19.2 Å². The van der Waals surface area contributed by atoms with E-state index in [9.17, 15) is 18.3 Å². The molecule has 0 bridgehead atoms. The largest absolute Gasteiger partial charge is 0.508 e. The Kier molecular flexibility index (Phi) is 4.84. The van der Waals surface area contributed by atoms with Crippen molar-refractivity contribution in [2.45, 2.75) is 19.5 Å². The molecule has 0 fully saturated rings. The van der Waals surface area contributed by atoms with Crippen LogP contribution in [-0.2, 0) is 0 Å². The molecule has 0 saturated carbocycles. The van der Waals surface area contributed by atoms with E-state index in [2.05, 4.69) is 4.98 Å². The fraction of sp³-hybridized carbons (Fsp3) is 0.364. The maximum Gasteiger partial charge on any atom is 0.392 e. The van der Waals surface area contributed by atoms with Crippen molar-refractivity contribution < 1.29 is 23.0 Å². The highest BCUT2D eigenvalue weighted by atomic mass is 35.5. The number of nitrogens with zero attached hydrogens (tertiary/aromatic N) is 1. The minimum atomic E-state index is -4.28. The van der Waals surface area contributed by atoms with Gasteiger partial charge in [0.25, 0.3) is 0 Å². The van der Waals surface area contributed by atoms with Gasteiger partial charge in [-0.05, 0) is 19.1 Å². The van der Waals surface area contributed by atoms with Crippen LogP contribution in [-0.4, -0.2) is 22.9 Å². The fourth-order valence-electron chi connectivity index (χ4n) is 1.10. The highest BCUT2D eigenvalue weighted by Gasteiger charge is 2.27. The van der Waals surface area contributed by atoms with Crippen LogP contribution in [0, 0.1) is 0 Å². The van der Waals surface area contributed by atoms with Crippen LogP contribution in [0.25, 0.3) is 5.76 Å². The Labute approximate surface area is 107 Å². The van der Waals surface area contributed by atoms with Crippen LogP contribution in [0.15, 0.2) is 18.3 Å². The Hall–Kier alpha value is -1.43. The summed E-state index contributed by atoms with van der Waals surface area (Å²) in [6.45, 7) is 1.07. The number of aliphatic hydroxyl groups excluding tert-OH is 1. The fourth-order valence-corrected chi connectivity index (χ4v) is 1.32. The first-order valence-corrected chi connectivity index (χ1v) is 5.42. The number of allylic oxidation sites excluding steroid dienone is 1. The van der Waals surface area contributed by atoms with Crippen LogP contribution in [0.2, 0.25) is 5.02 Å². The minimum Gasteiger partial charge on any atom is -0.508 e. The molecule has 0 spiro atoms. The second-order valence-corrected chi connectivity index (χ2v) is 3.81. The molecule has 3 nitrogen and oxygen atoms in total. The van der Waals surface area contributed by atoms with Crippen molar-refractivity contribution in [3.05, 3.63) is 28.9 Å². The SMILES string of the molecule is CC=C(O)c1cnc(OCCC(F)(F)F)c(Cl)c1. The van der Waals surface area contributed by atoms with E-state index in [-0.39, 0.29) is 16.7 Å². The first-order valence-electron chi connectivity index (χ1n) is 5.04. The molecule has 0 aliphatic rings. The molecule has 1 N–H and O–H groups in total. The standard InChI is InChI=1S/C11H11ClF3NO2/c1-2-9(17)7-5-8(12)10(16-6-7)18-4-3-11(13,14)15/h2,5-6,17H,3-4H2,1H3. The van der Waals surface area contributed by atoms with Gasteiger partial charge < -0.3 is 9.84 Å². The van der Waals surface area contributed by atoms with Crippen molar-refractivity contribution in [3.8, 4) is 5.88 Å². The second kappa shape index (κ2) is 5.95. The average Bonchev–Trinajstić information content (AvgIpc) is 2.28. The van der Waals surface area contributed by atoms with Gasteiger partial charge in [-0.1, -0.05) is 11.6 Å². The van der Waals surface area contributed by atoms with Gasteiger partial charge in [0.2, 0.25) is 5.88 Å². The third-order valence-electron chi connectivity index (χ3n) is 2.00. The number of hydrogen-bond donors (Lipinski definition) is 1. The molecule has 0 saturated heterocycles. The van der Waals surface area contributed by atoms with Crippen molar-refractivity contribution in [2.75, 3.05) is 6.61 Å². The lowest BCUT2D eigenvalue weighted by molar-refractivity contribution is -0.139. The van der Waals surface area contributed by atoms with Crippen molar-refractivity contribution in [1.29, 1.82) is 0 Å². The summed E-state index contributed by atoms with van der Waals surface area (Å²) in [4.78, 5) is 3.74. The molecule has 0 aliphatic carbocycles. The molecular weight excluding hydrogens is 271 g/mol. The van der Waals surface area contributed by atoms with E-state index >= 15 is 0 Å². The molecule has 1 heterocycles. The Morgan fingerprint density at radius 3 is 2.72 bits per heavy atom. The number of alkyl halides is 3. The molecule has 0 amide bonds. The van der Waals surface area contributed by atoms with Crippen molar-refractivity contribution in [1.82, 2.24) is 4.98 Å².